The van der Waals surface area contributed by atoms with Gasteiger partial charge < -0.3 is 5.11 Å². The smallest absolute Gasteiger partial charge is 0.311 e. The lowest BCUT2D eigenvalue weighted by molar-refractivity contribution is -0.148. The van der Waals surface area contributed by atoms with Gasteiger partial charge in [-0.25, -0.2) is 8.42 Å². The van der Waals surface area contributed by atoms with Gasteiger partial charge in [-0.2, -0.15) is 4.31 Å². The van der Waals surface area contributed by atoms with E-state index in [0.717, 1.165) is 5.56 Å². The highest BCUT2D eigenvalue weighted by Gasteiger charge is 2.47. The van der Waals surface area contributed by atoms with E-state index in [-0.39, 0.29) is 18.0 Å². The van der Waals surface area contributed by atoms with Crippen molar-refractivity contribution in [1.82, 2.24) is 4.31 Å². The highest BCUT2D eigenvalue weighted by atomic mass is 32.2. The molecular formula is C14H19NO4S. The quantitative estimate of drug-likeness (QED) is 0.920. The van der Waals surface area contributed by atoms with Crippen LogP contribution in [0.3, 0.4) is 0 Å². The molecule has 1 N–H and O–H groups in total. The predicted molar refractivity (Wildman–Crippen MR) is 74.9 cm³/mol. The van der Waals surface area contributed by atoms with Gasteiger partial charge in [-0.15, -0.1) is 0 Å². The highest BCUT2D eigenvalue weighted by molar-refractivity contribution is 7.89. The molecule has 0 bridgehead atoms. The van der Waals surface area contributed by atoms with Gasteiger partial charge in [-0.3, -0.25) is 4.79 Å². The van der Waals surface area contributed by atoms with E-state index in [9.17, 15) is 18.3 Å². The Labute approximate surface area is 119 Å². The molecule has 1 aliphatic rings. The average molecular weight is 297 g/mol. The maximum atomic E-state index is 12.5. The molecule has 0 saturated carbocycles. The summed E-state index contributed by atoms with van der Waals surface area (Å²) in [5, 5.41) is 9.33. The number of carboxylic acid groups (broad SMARTS) is 1. The molecule has 0 amide bonds. The number of carbonyl (C=O) groups is 1. The van der Waals surface area contributed by atoms with E-state index < -0.39 is 21.4 Å². The van der Waals surface area contributed by atoms with E-state index in [2.05, 4.69) is 0 Å². The molecule has 1 aromatic rings. The minimum absolute atomic E-state index is 0.0506. The van der Waals surface area contributed by atoms with Crippen LogP contribution in [0, 0.1) is 12.3 Å². The Balaban J connectivity index is 2.29. The molecule has 2 rings (SSSR count). The number of aliphatic carboxylic acids is 1. The lowest BCUT2D eigenvalue weighted by atomic mass is 9.85. The summed E-state index contributed by atoms with van der Waals surface area (Å²) in [6.07, 6.45) is 0.798. The zero-order valence-corrected chi connectivity index (χ0v) is 12.5. The van der Waals surface area contributed by atoms with E-state index >= 15 is 0 Å². The molecule has 1 fully saturated rings. The first kappa shape index (κ1) is 15.0. The highest BCUT2D eigenvalue weighted by Crippen LogP contribution is 2.36. The number of hydrogen-bond acceptors (Lipinski definition) is 3. The summed E-state index contributed by atoms with van der Waals surface area (Å²) in [4.78, 5) is 11.6. The first-order valence-electron chi connectivity index (χ1n) is 6.62. The van der Waals surface area contributed by atoms with Gasteiger partial charge in [0.05, 0.1) is 10.3 Å². The van der Waals surface area contributed by atoms with E-state index in [0.29, 0.717) is 12.8 Å². The van der Waals surface area contributed by atoms with Crippen molar-refractivity contribution in [2.24, 2.45) is 5.41 Å². The fraction of sp³-hybridized carbons (Fsp3) is 0.500. The van der Waals surface area contributed by atoms with Crippen LogP contribution in [-0.4, -0.2) is 36.9 Å². The number of benzene rings is 1. The second-order valence-corrected chi connectivity index (χ2v) is 7.28. The van der Waals surface area contributed by atoms with Crippen LogP contribution < -0.4 is 0 Å². The monoisotopic (exact) mass is 297 g/mol. The average Bonchev–Trinajstić information content (AvgIpc) is 2.85. The Kier molecular flexibility index (Phi) is 3.88. The predicted octanol–water partition coefficient (Wildman–Crippen LogP) is 1.87. The van der Waals surface area contributed by atoms with Crippen LogP contribution in [0.4, 0.5) is 0 Å². The van der Waals surface area contributed by atoms with Gasteiger partial charge in [0.1, 0.15) is 0 Å². The summed E-state index contributed by atoms with van der Waals surface area (Å²) in [5.41, 5.74) is 0.0384. The van der Waals surface area contributed by atoms with Crippen LogP contribution in [0.5, 0.6) is 0 Å². The normalized spacial score (nSPS) is 23.9. The number of aryl methyl sites for hydroxylation is 1. The van der Waals surface area contributed by atoms with Crippen molar-refractivity contribution in [2.45, 2.75) is 31.6 Å². The van der Waals surface area contributed by atoms with Crippen LogP contribution in [0.2, 0.25) is 0 Å². The third-order valence-corrected chi connectivity index (χ3v) is 5.97. The summed E-state index contributed by atoms with van der Waals surface area (Å²) < 4.78 is 26.3. The van der Waals surface area contributed by atoms with Crippen molar-refractivity contribution in [3.05, 3.63) is 29.8 Å². The minimum Gasteiger partial charge on any atom is -0.481 e. The molecule has 20 heavy (non-hydrogen) atoms. The number of sulfonamides is 1. The molecule has 0 spiro atoms. The summed E-state index contributed by atoms with van der Waals surface area (Å²) in [5.74, 6) is -0.915. The first-order chi connectivity index (χ1) is 9.32. The SMILES string of the molecule is CCC1(C(=O)O)CCN(S(=O)(=O)c2ccc(C)cc2)C1. The standard InChI is InChI=1S/C14H19NO4S/c1-3-14(13(16)17)8-9-15(10-14)20(18,19)12-6-4-11(2)5-7-12/h4-7H,3,8-10H2,1-2H3,(H,16,17). The Morgan fingerprint density at radius 2 is 1.95 bits per heavy atom. The van der Waals surface area contributed by atoms with Crippen molar-refractivity contribution >= 4 is 16.0 Å². The van der Waals surface area contributed by atoms with Gasteiger partial charge in [-0.1, -0.05) is 24.6 Å². The van der Waals surface area contributed by atoms with Gasteiger partial charge in [0.15, 0.2) is 0 Å². The molecular weight excluding hydrogens is 278 g/mol. The summed E-state index contributed by atoms with van der Waals surface area (Å²) in [7, 11) is -3.60. The number of rotatable bonds is 4. The molecule has 0 aliphatic carbocycles. The third-order valence-electron chi connectivity index (χ3n) is 4.11. The molecule has 1 atom stereocenters. The van der Waals surface area contributed by atoms with E-state index in [1.54, 1.807) is 31.2 Å². The first-order valence-corrected chi connectivity index (χ1v) is 8.06. The summed E-state index contributed by atoms with van der Waals surface area (Å²) in [6, 6.07) is 6.62. The van der Waals surface area contributed by atoms with E-state index in [1.165, 1.54) is 4.31 Å². The van der Waals surface area contributed by atoms with E-state index in [1.807, 2.05) is 6.92 Å². The number of carboxylic acids is 1. The Morgan fingerprint density at radius 1 is 1.35 bits per heavy atom. The molecule has 1 unspecified atom stereocenters. The third kappa shape index (κ3) is 2.45. The maximum absolute atomic E-state index is 12.5. The molecule has 1 saturated heterocycles. The fourth-order valence-corrected chi connectivity index (χ4v) is 4.04. The Bertz CT molecular complexity index is 609. The second kappa shape index (κ2) is 5.18. The molecule has 5 nitrogen and oxygen atoms in total. The van der Waals surface area contributed by atoms with Crippen LogP contribution in [-0.2, 0) is 14.8 Å². The lowest BCUT2D eigenvalue weighted by Crippen LogP contribution is -2.36. The molecule has 110 valence electrons. The Hall–Kier alpha value is -1.40. The molecule has 6 heteroatoms. The largest absolute Gasteiger partial charge is 0.481 e. The lowest BCUT2D eigenvalue weighted by Gasteiger charge is -2.23. The second-order valence-electron chi connectivity index (χ2n) is 5.34. The fourth-order valence-electron chi connectivity index (χ4n) is 2.51. The van der Waals surface area contributed by atoms with Gasteiger partial charge in [-0.05, 0) is 31.9 Å². The van der Waals surface area contributed by atoms with Crippen LogP contribution >= 0.6 is 0 Å². The molecule has 0 aromatic heterocycles. The zero-order chi connectivity index (χ0) is 15.0. The summed E-state index contributed by atoms with van der Waals surface area (Å²) in [6.45, 7) is 3.99. The minimum atomic E-state index is -3.60. The van der Waals surface area contributed by atoms with Gasteiger partial charge >= 0.3 is 5.97 Å². The van der Waals surface area contributed by atoms with Crippen molar-refractivity contribution < 1.29 is 18.3 Å². The molecule has 1 heterocycles. The zero-order valence-electron chi connectivity index (χ0n) is 11.7. The Morgan fingerprint density at radius 3 is 2.40 bits per heavy atom. The maximum Gasteiger partial charge on any atom is 0.311 e. The van der Waals surface area contributed by atoms with Crippen molar-refractivity contribution in [2.75, 3.05) is 13.1 Å². The number of hydrogen-bond donors (Lipinski definition) is 1. The van der Waals surface area contributed by atoms with Gasteiger partial charge in [0.25, 0.3) is 0 Å². The van der Waals surface area contributed by atoms with Crippen molar-refractivity contribution in [3.63, 3.8) is 0 Å². The summed E-state index contributed by atoms with van der Waals surface area (Å²) >= 11 is 0. The molecule has 1 aromatic carbocycles. The number of nitrogens with zero attached hydrogens (tertiary/aromatic N) is 1. The van der Waals surface area contributed by atoms with E-state index in [4.69, 9.17) is 0 Å². The van der Waals surface area contributed by atoms with Gasteiger partial charge in [0, 0.05) is 13.1 Å². The molecule has 0 radical (unpaired) electrons. The topological polar surface area (TPSA) is 74.7 Å². The van der Waals surface area contributed by atoms with Crippen LogP contribution in [0.15, 0.2) is 29.2 Å². The van der Waals surface area contributed by atoms with Crippen molar-refractivity contribution in [1.29, 1.82) is 0 Å². The van der Waals surface area contributed by atoms with Crippen LogP contribution in [0.25, 0.3) is 0 Å². The van der Waals surface area contributed by atoms with Gasteiger partial charge in [0.2, 0.25) is 10.0 Å². The van der Waals surface area contributed by atoms with Crippen molar-refractivity contribution in [3.8, 4) is 0 Å². The van der Waals surface area contributed by atoms with Crippen LogP contribution in [0.1, 0.15) is 25.3 Å². The molecule has 1 aliphatic heterocycles.